The normalized spacial score (nSPS) is 27.6. The first-order valence-electron chi connectivity index (χ1n) is 7.28. The zero-order valence-electron chi connectivity index (χ0n) is 13.0. The van der Waals surface area contributed by atoms with E-state index < -0.39 is 11.8 Å². The Labute approximate surface area is 120 Å². The van der Waals surface area contributed by atoms with Crippen LogP contribution in [0.3, 0.4) is 0 Å². The molecule has 0 aromatic rings. The van der Waals surface area contributed by atoms with Crippen molar-refractivity contribution >= 4 is 5.97 Å². The molecule has 0 saturated carbocycles. The third-order valence-electron chi connectivity index (χ3n) is 4.41. The van der Waals surface area contributed by atoms with E-state index in [4.69, 9.17) is 4.74 Å². The van der Waals surface area contributed by atoms with Crippen LogP contribution in [-0.4, -0.2) is 32.6 Å². The Kier molecular flexibility index (Phi) is 5.92. The number of hydrogen-bond acceptors (Lipinski definition) is 3. The predicted molar refractivity (Wildman–Crippen MR) is 74.7 cm³/mol. The molecule has 1 aliphatic rings. The summed E-state index contributed by atoms with van der Waals surface area (Å²) in [7, 11) is 1.37. The minimum atomic E-state index is -2.31. The molecule has 3 nitrogen and oxygen atoms in total. The van der Waals surface area contributed by atoms with Gasteiger partial charge in [0.25, 0.3) is 0 Å². The molecule has 118 valence electrons. The third kappa shape index (κ3) is 4.40. The first-order valence-corrected chi connectivity index (χ1v) is 7.28. The van der Waals surface area contributed by atoms with Gasteiger partial charge in [-0.1, -0.05) is 20.8 Å². The van der Waals surface area contributed by atoms with Crippen molar-refractivity contribution in [3.05, 3.63) is 0 Å². The highest BCUT2D eigenvalue weighted by Gasteiger charge is 2.45. The minimum Gasteiger partial charge on any atom is -0.469 e. The number of methoxy groups -OCH3 is 1. The highest BCUT2D eigenvalue weighted by atomic mass is 19.3. The van der Waals surface area contributed by atoms with Crippen molar-refractivity contribution in [3.63, 3.8) is 0 Å². The van der Waals surface area contributed by atoms with Crippen LogP contribution in [0.25, 0.3) is 0 Å². The van der Waals surface area contributed by atoms with Crippen molar-refractivity contribution in [1.29, 1.82) is 0 Å². The summed E-state index contributed by atoms with van der Waals surface area (Å²) in [4.78, 5) is 12.2. The lowest BCUT2D eigenvalue weighted by atomic mass is 9.66. The van der Waals surface area contributed by atoms with Gasteiger partial charge in [0.05, 0.1) is 12.5 Å². The summed E-state index contributed by atoms with van der Waals surface area (Å²) >= 11 is 0. The van der Waals surface area contributed by atoms with Crippen molar-refractivity contribution in [2.45, 2.75) is 52.9 Å². The van der Waals surface area contributed by atoms with Crippen LogP contribution >= 0.6 is 0 Å². The molecular weight excluding hydrogens is 264 g/mol. The fourth-order valence-electron chi connectivity index (χ4n) is 2.97. The molecule has 1 aliphatic heterocycles. The molecule has 0 bridgehead atoms. The molecule has 1 fully saturated rings. The Bertz CT molecular complexity index is 328. The van der Waals surface area contributed by atoms with Gasteiger partial charge >= 0.3 is 5.97 Å². The molecule has 1 rings (SSSR count). The Balaban J connectivity index is 2.80. The van der Waals surface area contributed by atoms with E-state index in [-0.39, 0.29) is 17.8 Å². The van der Waals surface area contributed by atoms with Gasteiger partial charge in [-0.3, -0.25) is 4.79 Å². The first kappa shape index (κ1) is 17.3. The maximum Gasteiger partial charge on any atom is 0.313 e. The van der Waals surface area contributed by atoms with Gasteiger partial charge in [-0.05, 0) is 37.1 Å². The number of ether oxygens (including phenoxy) is 1. The largest absolute Gasteiger partial charge is 0.469 e. The van der Waals surface area contributed by atoms with E-state index in [9.17, 15) is 13.6 Å². The molecule has 0 aromatic heterocycles. The fraction of sp³-hybridized carbons (Fsp3) is 0.933. The number of hydrogen-bond donors (Lipinski definition) is 1. The molecule has 0 amide bonds. The van der Waals surface area contributed by atoms with E-state index in [1.807, 2.05) is 0 Å². The zero-order valence-corrected chi connectivity index (χ0v) is 13.0. The molecule has 1 heterocycles. The molecule has 2 atom stereocenters. The van der Waals surface area contributed by atoms with Crippen LogP contribution in [0.15, 0.2) is 0 Å². The number of nitrogens with one attached hydrogen (secondary N) is 1. The topological polar surface area (TPSA) is 38.3 Å². The number of alkyl halides is 2. The number of halogens is 2. The number of carbonyl (C=O) groups is 1. The number of esters is 1. The molecule has 0 aliphatic carbocycles. The lowest BCUT2D eigenvalue weighted by Crippen LogP contribution is -2.52. The second-order valence-corrected chi connectivity index (χ2v) is 6.95. The maximum absolute atomic E-state index is 12.3. The van der Waals surface area contributed by atoms with Crippen LogP contribution in [0, 0.1) is 16.7 Å². The van der Waals surface area contributed by atoms with Gasteiger partial charge in [0.2, 0.25) is 6.43 Å². The average Bonchev–Trinajstić information content (AvgIpc) is 2.36. The number of piperidine rings is 1. The fourth-order valence-corrected chi connectivity index (χ4v) is 2.97. The van der Waals surface area contributed by atoms with Crippen LogP contribution in [0.4, 0.5) is 8.78 Å². The zero-order chi connectivity index (χ0) is 15.4. The second kappa shape index (κ2) is 6.83. The summed E-state index contributed by atoms with van der Waals surface area (Å²) in [5.41, 5.74) is -0.574. The summed E-state index contributed by atoms with van der Waals surface area (Å²) in [6.45, 7) is 7.82. The van der Waals surface area contributed by atoms with E-state index >= 15 is 0 Å². The summed E-state index contributed by atoms with van der Waals surface area (Å²) in [5, 5.41) is 3.30. The smallest absolute Gasteiger partial charge is 0.313 e. The molecular formula is C15H27F2NO2. The van der Waals surface area contributed by atoms with E-state index in [1.165, 1.54) is 7.11 Å². The van der Waals surface area contributed by atoms with Crippen molar-refractivity contribution in [3.8, 4) is 0 Å². The van der Waals surface area contributed by atoms with Crippen molar-refractivity contribution in [1.82, 2.24) is 5.32 Å². The standard InChI is InChI=1S/C15H27F2NO2/c1-14(2,3)11-8-15(10-18-9-11,13(19)20-4)7-5-6-12(16)17/h11-12,18H,5-10H2,1-4H3/t11-,15-/m1/s1. The summed E-state index contributed by atoms with van der Waals surface area (Å²) in [6.07, 6.45) is -0.938. The number of carbonyl (C=O) groups excluding carboxylic acids is 1. The van der Waals surface area contributed by atoms with Gasteiger partial charge in [0.1, 0.15) is 0 Å². The van der Waals surface area contributed by atoms with E-state index in [0.717, 1.165) is 6.54 Å². The Morgan fingerprint density at radius 1 is 1.45 bits per heavy atom. The molecule has 0 unspecified atom stereocenters. The molecule has 1 N–H and O–H groups in total. The van der Waals surface area contributed by atoms with Crippen LogP contribution in [-0.2, 0) is 9.53 Å². The van der Waals surface area contributed by atoms with Crippen LogP contribution < -0.4 is 5.32 Å². The van der Waals surface area contributed by atoms with Gasteiger partial charge < -0.3 is 10.1 Å². The molecule has 5 heteroatoms. The van der Waals surface area contributed by atoms with E-state index in [1.54, 1.807) is 0 Å². The lowest BCUT2D eigenvalue weighted by molar-refractivity contribution is -0.156. The molecule has 1 saturated heterocycles. The third-order valence-corrected chi connectivity index (χ3v) is 4.41. The summed E-state index contributed by atoms with van der Waals surface area (Å²) < 4.78 is 29.6. The quantitative estimate of drug-likeness (QED) is 0.790. The minimum absolute atomic E-state index is 0.0788. The monoisotopic (exact) mass is 291 g/mol. The lowest BCUT2D eigenvalue weighted by Gasteiger charge is -2.44. The van der Waals surface area contributed by atoms with Crippen molar-refractivity contribution in [2.75, 3.05) is 20.2 Å². The van der Waals surface area contributed by atoms with Crippen molar-refractivity contribution < 1.29 is 18.3 Å². The maximum atomic E-state index is 12.3. The van der Waals surface area contributed by atoms with Crippen LogP contribution in [0.5, 0.6) is 0 Å². The predicted octanol–water partition coefficient (Wildman–Crippen LogP) is 3.24. The van der Waals surface area contributed by atoms with Gasteiger partial charge in [-0.25, -0.2) is 8.78 Å². The van der Waals surface area contributed by atoms with Crippen LogP contribution in [0.1, 0.15) is 46.5 Å². The molecule has 0 aromatic carbocycles. The van der Waals surface area contributed by atoms with Gasteiger partial charge in [-0.15, -0.1) is 0 Å². The van der Waals surface area contributed by atoms with Gasteiger partial charge in [0.15, 0.2) is 0 Å². The highest BCUT2D eigenvalue weighted by molar-refractivity contribution is 5.77. The average molecular weight is 291 g/mol. The Morgan fingerprint density at radius 3 is 2.60 bits per heavy atom. The first-order chi connectivity index (χ1) is 9.21. The van der Waals surface area contributed by atoms with Gasteiger partial charge in [-0.2, -0.15) is 0 Å². The second-order valence-electron chi connectivity index (χ2n) is 6.95. The van der Waals surface area contributed by atoms with Crippen LogP contribution in [0.2, 0.25) is 0 Å². The van der Waals surface area contributed by atoms with Crippen molar-refractivity contribution in [2.24, 2.45) is 16.7 Å². The molecule has 0 radical (unpaired) electrons. The summed E-state index contributed by atoms with van der Waals surface area (Å²) in [5.74, 6) is 0.0649. The Morgan fingerprint density at radius 2 is 2.10 bits per heavy atom. The van der Waals surface area contributed by atoms with Gasteiger partial charge in [0, 0.05) is 13.0 Å². The molecule has 0 spiro atoms. The molecule has 20 heavy (non-hydrogen) atoms. The highest BCUT2D eigenvalue weighted by Crippen LogP contribution is 2.42. The SMILES string of the molecule is COC(=O)[C@@]1(CCCC(F)F)CNC[C@H](C(C)(C)C)C1. The summed E-state index contributed by atoms with van der Waals surface area (Å²) in [6, 6.07) is 0. The van der Waals surface area contributed by atoms with E-state index in [2.05, 4.69) is 26.1 Å². The Hall–Kier alpha value is -0.710. The number of rotatable bonds is 5. The van der Waals surface area contributed by atoms with E-state index in [0.29, 0.717) is 31.7 Å².